The molecule has 0 spiro atoms. The lowest BCUT2D eigenvalue weighted by Gasteiger charge is -2.15. The molecule has 0 fully saturated rings. The molecule has 0 aromatic rings. The monoisotopic (exact) mass is 719 g/mol. The maximum Gasteiger partial charge on any atom is 0.306 e. The number of carbonyl (C=O) groups excluding carboxylic acids is 2. The summed E-state index contributed by atoms with van der Waals surface area (Å²) in [6.45, 7) is 4.15. The highest BCUT2D eigenvalue weighted by molar-refractivity contribution is 5.70. The fourth-order valence-electron chi connectivity index (χ4n) is 6.54. The van der Waals surface area contributed by atoms with Crippen LogP contribution in [0.1, 0.15) is 239 Å². The summed E-state index contributed by atoms with van der Waals surface area (Å²) in [4.78, 5) is 24.3. The van der Waals surface area contributed by atoms with E-state index in [1.807, 2.05) is 0 Å². The number of hydrogen-bond acceptors (Lipinski definition) is 5. The standard InChI is InChI=1S/C46H86O5/c1-3-5-7-9-11-13-15-17-19-21-23-25-27-29-31-33-35-37-39-41-46(49)51-44(42-47)43-50-45(48)40-38-36-34-32-30-28-26-24-22-20-18-16-14-12-10-8-6-4-2/h17,19-20,22,44,47H,3-16,18,21,23-43H2,1-2H3/b19-17-,22-20-. The summed E-state index contributed by atoms with van der Waals surface area (Å²) in [7, 11) is 0. The molecule has 51 heavy (non-hydrogen) atoms. The van der Waals surface area contributed by atoms with Gasteiger partial charge in [0.15, 0.2) is 6.10 Å². The fourth-order valence-corrected chi connectivity index (χ4v) is 6.54. The van der Waals surface area contributed by atoms with Crippen LogP contribution in [-0.2, 0) is 19.1 Å². The molecular formula is C46H86O5. The third kappa shape index (κ3) is 41.0. The van der Waals surface area contributed by atoms with Crippen molar-refractivity contribution in [3.63, 3.8) is 0 Å². The number of allylic oxidation sites excluding steroid dienone is 4. The SMILES string of the molecule is CCCCCCCC/C=C\CCCCCCCCCCCC(=O)OC(CO)COC(=O)CCCCCCCCC/C=C\CCCCCCCCC. The van der Waals surface area contributed by atoms with Crippen LogP contribution in [0.4, 0.5) is 0 Å². The van der Waals surface area contributed by atoms with Gasteiger partial charge < -0.3 is 14.6 Å². The van der Waals surface area contributed by atoms with Crippen LogP contribution in [0, 0.1) is 0 Å². The summed E-state index contributed by atoms with van der Waals surface area (Å²) in [6, 6.07) is 0. The van der Waals surface area contributed by atoms with Gasteiger partial charge in [0.25, 0.3) is 0 Å². The first kappa shape index (κ1) is 49.4. The number of esters is 2. The van der Waals surface area contributed by atoms with Crippen LogP contribution in [0.5, 0.6) is 0 Å². The van der Waals surface area contributed by atoms with Crippen LogP contribution in [0.15, 0.2) is 24.3 Å². The highest BCUT2D eigenvalue weighted by Crippen LogP contribution is 2.14. The molecule has 0 rings (SSSR count). The maximum atomic E-state index is 12.2. The molecule has 0 radical (unpaired) electrons. The van der Waals surface area contributed by atoms with E-state index < -0.39 is 6.10 Å². The second kappa shape index (κ2) is 42.8. The molecular weight excluding hydrogens is 633 g/mol. The van der Waals surface area contributed by atoms with Crippen LogP contribution >= 0.6 is 0 Å². The van der Waals surface area contributed by atoms with Crippen LogP contribution in [0.3, 0.4) is 0 Å². The Labute approximate surface area is 317 Å². The Balaban J connectivity index is 3.51. The summed E-state index contributed by atoms with van der Waals surface area (Å²) in [5, 5.41) is 9.59. The number of rotatable bonds is 41. The van der Waals surface area contributed by atoms with Gasteiger partial charge in [-0.05, 0) is 64.2 Å². The predicted molar refractivity (Wildman–Crippen MR) is 219 cm³/mol. The van der Waals surface area contributed by atoms with Gasteiger partial charge in [0.05, 0.1) is 6.61 Å². The smallest absolute Gasteiger partial charge is 0.306 e. The minimum atomic E-state index is -0.771. The highest BCUT2D eigenvalue weighted by Gasteiger charge is 2.16. The van der Waals surface area contributed by atoms with E-state index in [2.05, 4.69) is 38.2 Å². The molecule has 300 valence electrons. The Bertz CT molecular complexity index is 776. The Kier molecular flexibility index (Phi) is 41.4. The summed E-state index contributed by atoms with van der Waals surface area (Å²) < 4.78 is 10.6. The van der Waals surface area contributed by atoms with E-state index in [-0.39, 0.29) is 25.2 Å². The second-order valence-corrected chi connectivity index (χ2v) is 15.1. The van der Waals surface area contributed by atoms with Crippen molar-refractivity contribution in [1.29, 1.82) is 0 Å². The summed E-state index contributed by atoms with van der Waals surface area (Å²) in [5.74, 6) is -0.589. The maximum absolute atomic E-state index is 12.2. The molecule has 5 nitrogen and oxygen atoms in total. The van der Waals surface area contributed by atoms with Gasteiger partial charge >= 0.3 is 11.9 Å². The van der Waals surface area contributed by atoms with E-state index in [1.165, 1.54) is 173 Å². The van der Waals surface area contributed by atoms with Crippen molar-refractivity contribution in [2.75, 3.05) is 13.2 Å². The largest absolute Gasteiger partial charge is 0.462 e. The molecule has 1 atom stereocenters. The summed E-state index contributed by atoms with van der Waals surface area (Å²) in [6.07, 6.45) is 51.0. The van der Waals surface area contributed by atoms with Gasteiger partial charge in [0, 0.05) is 12.8 Å². The minimum absolute atomic E-state index is 0.0654. The Morgan fingerprint density at radius 3 is 1.06 bits per heavy atom. The zero-order chi connectivity index (χ0) is 37.1. The van der Waals surface area contributed by atoms with E-state index >= 15 is 0 Å². The van der Waals surface area contributed by atoms with Crippen molar-refractivity contribution >= 4 is 11.9 Å². The van der Waals surface area contributed by atoms with Gasteiger partial charge in [-0.25, -0.2) is 0 Å². The van der Waals surface area contributed by atoms with E-state index in [0.29, 0.717) is 12.8 Å². The van der Waals surface area contributed by atoms with Crippen molar-refractivity contribution in [1.82, 2.24) is 0 Å². The molecule has 0 aliphatic rings. The van der Waals surface area contributed by atoms with Crippen molar-refractivity contribution in [3.05, 3.63) is 24.3 Å². The van der Waals surface area contributed by atoms with Crippen LogP contribution < -0.4 is 0 Å². The van der Waals surface area contributed by atoms with E-state index in [0.717, 1.165) is 38.5 Å². The van der Waals surface area contributed by atoms with E-state index in [9.17, 15) is 14.7 Å². The average molecular weight is 719 g/mol. The second-order valence-electron chi connectivity index (χ2n) is 15.1. The number of aliphatic hydroxyl groups is 1. The molecule has 0 aromatic heterocycles. The van der Waals surface area contributed by atoms with Crippen LogP contribution in [0.2, 0.25) is 0 Å². The number of aliphatic hydroxyl groups excluding tert-OH is 1. The highest BCUT2D eigenvalue weighted by atomic mass is 16.6. The average Bonchev–Trinajstić information content (AvgIpc) is 3.13. The van der Waals surface area contributed by atoms with E-state index in [4.69, 9.17) is 9.47 Å². The van der Waals surface area contributed by atoms with Crippen LogP contribution in [-0.4, -0.2) is 36.4 Å². The molecule has 0 amide bonds. The van der Waals surface area contributed by atoms with Gasteiger partial charge in [-0.3, -0.25) is 9.59 Å². The number of hydrogen-bond donors (Lipinski definition) is 1. The first-order chi connectivity index (χ1) is 25.1. The molecule has 0 aliphatic carbocycles. The first-order valence-corrected chi connectivity index (χ1v) is 22.4. The quantitative estimate of drug-likeness (QED) is 0.0387. The van der Waals surface area contributed by atoms with Crippen LogP contribution in [0.25, 0.3) is 0 Å². The van der Waals surface area contributed by atoms with Crippen molar-refractivity contribution in [2.24, 2.45) is 0 Å². The Morgan fingerprint density at radius 1 is 0.431 bits per heavy atom. The number of unbranched alkanes of at least 4 members (excludes halogenated alkanes) is 29. The molecule has 0 aromatic carbocycles. The van der Waals surface area contributed by atoms with Gasteiger partial charge in [0.2, 0.25) is 0 Å². The topological polar surface area (TPSA) is 72.8 Å². The van der Waals surface area contributed by atoms with E-state index in [1.54, 1.807) is 0 Å². The van der Waals surface area contributed by atoms with Crippen molar-refractivity contribution in [3.8, 4) is 0 Å². The third-order valence-electron chi connectivity index (χ3n) is 9.97. The minimum Gasteiger partial charge on any atom is -0.462 e. The molecule has 0 aliphatic heterocycles. The van der Waals surface area contributed by atoms with Gasteiger partial charge in [-0.1, -0.05) is 186 Å². The van der Waals surface area contributed by atoms with Crippen molar-refractivity contribution in [2.45, 2.75) is 245 Å². The zero-order valence-electron chi connectivity index (χ0n) is 34.1. The summed E-state index contributed by atoms with van der Waals surface area (Å²) in [5.41, 5.74) is 0. The van der Waals surface area contributed by atoms with Gasteiger partial charge in [-0.2, -0.15) is 0 Å². The van der Waals surface area contributed by atoms with Gasteiger partial charge in [0.1, 0.15) is 6.61 Å². The first-order valence-electron chi connectivity index (χ1n) is 22.4. The number of carbonyl (C=O) groups is 2. The van der Waals surface area contributed by atoms with Gasteiger partial charge in [-0.15, -0.1) is 0 Å². The fraction of sp³-hybridized carbons (Fsp3) is 0.870. The Hall–Kier alpha value is -1.62. The predicted octanol–water partition coefficient (Wildman–Crippen LogP) is 14.2. The lowest BCUT2D eigenvalue weighted by molar-refractivity contribution is -0.161. The molecule has 0 heterocycles. The van der Waals surface area contributed by atoms with Crippen molar-refractivity contribution < 1.29 is 24.2 Å². The summed E-state index contributed by atoms with van der Waals surface area (Å²) >= 11 is 0. The molecule has 0 saturated heterocycles. The molecule has 0 bridgehead atoms. The lowest BCUT2D eigenvalue weighted by atomic mass is 10.1. The molecule has 0 saturated carbocycles. The third-order valence-corrected chi connectivity index (χ3v) is 9.97. The zero-order valence-corrected chi connectivity index (χ0v) is 34.1. The normalized spacial score (nSPS) is 12.3. The molecule has 1 unspecified atom stereocenters. The number of ether oxygens (including phenoxy) is 2. The molecule has 1 N–H and O–H groups in total. The Morgan fingerprint density at radius 2 is 0.725 bits per heavy atom. The lowest BCUT2D eigenvalue weighted by Crippen LogP contribution is -2.28. The molecule has 5 heteroatoms.